The Kier molecular flexibility index (Phi) is 6.03. The van der Waals surface area contributed by atoms with Crippen LogP contribution in [-0.4, -0.2) is 34.7 Å². The topological polar surface area (TPSA) is 50.2 Å². The first kappa shape index (κ1) is 20.6. The van der Waals surface area contributed by atoms with Crippen molar-refractivity contribution in [2.45, 2.75) is 18.8 Å². The lowest BCUT2D eigenvalue weighted by atomic mass is 10.1. The summed E-state index contributed by atoms with van der Waals surface area (Å²) in [6.07, 6.45) is -3.21. The number of benzene rings is 2. The molecule has 0 saturated heterocycles. The van der Waals surface area contributed by atoms with E-state index in [4.69, 9.17) is 0 Å². The second-order valence-electron chi connectivity index (χ2n) is 6.80. The zero-order valence-electron chi connectivity index (χ0n) is 16.0. The Morgan fingerprint density at radius 3 is 2.28 bits per heavy atom. The zero-order valence-corrected chi connectivity index (χ0v) is 16.0. The molecule has 152 valence electrons. The van der Waals surface area contributed by atoms with Crippen molar-refractivity contribution in [1.82, 2.24) is 20.0 Å². The van der Waals surface area contributed by atoms with E-state index in [9.17, 15) is 18.0 Å². The fraction of sp³-hybridized carbons (Fsp3) is 0.238. The normalized spacial score (nSPS) is 12.8. The SMILES string of the molecule is CN(C)C(C(=O)NCc1ccc(-n2ccc(C(F)(F)F)n2)cc1)c1ccccc1. The van der Waals surface area contributed by atoms with Gasteiger partial charge in [-0.1, -0.05) is 42.5 Å². The number of carbonyl (C=O) groups is 1. The van der Waals surface area contributed by atoms with E-state index in [1.54, 1.807) is 24.3 Å². The number of hydrogen-bond acceptors (Lipinski definition) is 3. The van der Waals surface area contributed by atoms with Gasteiger partial charge in [-0.2, -0.15) is 18.3 Å². The van der Waals surface area contributed by atoms with Crippen LogP contribution in [0, 0.1) is 0 Å². The first-order valence-electron chi connectivity index (χ1n) is 8.97. The van der Waals surface area contributed by atoms with Gasteiger partial charge in [0, 0.05) is 12.7 Å². The smallest absolute Gasteiger partial charge is 0.350 e. The van der Waals surface area contributed by atoms with Gasteiger partial charge in [0.05, 0.1) is 5.69 Å². The molecular weight excluding hydrogens is 381 g/mol. The summed E-state index contributed by atoms with van der Waals surface area (Å²) in [5.74, 6) is -0.132. The minimum atomic E-state index is -4.47. The van der Waals surface area contributed by atoms with E-state index in [-0.39, 0.29) is 5.91 Å². The van der Waals surface area contributed by atoms with Crippen LogP contribution >= 0.6 is 0 Å². The fourth-order valence-electron chi connectivity index (χ4n) is 2.99. The van der Waals surface area contributed by atoms with Crippen LogP contribution in [0.4, 0.5) is 13.2 Å². The molecule has 8 heteroatoms. The molecule has 3 rings (SSSR count). The Balaban J connectivity index is 1.65. The number of alkyl halides is 3. The Morgan fingerprint density at radius 1 is 1.07 bits per heavy atom. The van der Waals surface area contributed by atoms with Gasteiger partial charge in [0.2, 0.25) is 5.91 Å². The standard InChI is InChI=1S/C21H21F3N4O/c1-27(2)19(16-6-4-3-5-7-16)20(29)25-14-15-8-10-17(11-9-15)28-13-12-18(26-28)21(22,23)24/h3-13,19H,14H2,1-2H3,(H,25,29). The molecule has 0 fully saturated rings. The summed E-state index contributed by atoms with van der Waals surface area (Å²) in [5.41, 5.74) is 1.29. The molecular formula is C21H21F3N4O. The van der Waals surface area contributed by atoms with Crippen LogP contribution in [0.1, 0.15) is 22.9 Å². The predicted octanol–water partition coefficient (Wildman–Crippen LogP) is 3.81. The fourth-order valence-corrected chi connectivity index (χ4v) is 2.99. The maximum Gasteiger partial charge on any atom is 0.435 e. The largest absolute Gasteiger partial charge is 0.435 e. The van der Waals surface area contributed by atoms with Gasteiger partial charge in [-0.3, -0.25) is 9.69 Å². The molecule has 1 atom stereocenters. The maximum atomic E-state index is 12.7. The van der Waals surface area contributed by atoms with E-state index in [2.05, 4.69) is 10.4 Å². The number of amides is 1. The summed E-state index contributed by atoms with van der Waals surface area (Å²) in [6.45, 7) is 0.309. The molecule has 0 radical (unpaired) electrons. The highest BCUT2D eigenvalue weighted by molar-refractivity contribution is 5.83. The molecule has 0 aliphatic rings. The van der Waals surface area contributed by atoms with Crippen molar-refractivity contribution in [3.8, 4) is 5.69 Å². The number of nitrogens with one attached hydrogen (secondary N) is 1. The summed E-state index contributed by atoms with van der Waals surface area (Å²) in [4.78, 5) is 14.5. The molecule has 2 aromatic carbocycles. The van der Waals surface area contributed by atoms with Gasteiger partial charge in [-0.05, 0) is 43.4 Å². The molecule has 1 unspecified atom stereocenters. The van der Waals surface area contributed by atoms with Gasteiger partial charge in [-0.15, -0.1) is 0 Å². The summed E-state index contributed by atoms with van der Waals surface area (Å²) in [5, 5.41) is 6.46. The lowest BCUT2D eigenvalue weighted by molar-refractivity contribution is -0.141. The van der Waals surface area contributed by atoms with Crippen LogP contribution in [0.15, 0.2) is 66.9 Å². The Bertz CT molecular complexity index is 950. The first-order valence-corrected chi connectivity index (χ1v) is 8.97. The lowest BCUT2D eigenvalue weighted by Crippen LogP contribution is -2.36. The number of rotatable bonds is 6. The van der Waals surface area contributed by atoms with E-state index >= 15 is 0 Å². The maximum absolute atomic E-state index is 12.7. The predicted molar refractivity (Wildman–Crippen MR) is 103 cm³/mol. The lowest BCUT2D eigenvalue weighted by Gasteiger charge is -2.23. The van der Waals surface area contributed by atoms with Crippen LogP contribution in [0.2, 0.25) is 0 Å². The van der Waals surface area contributed by atoms with Crippen LogP contribution in [0.5, 0.6) is 0 Å². The first-order chi connectivity index (χ1) is 13.8. The van der Waals surface area contributed by atoms with Crippen LogP contribution < -0.4 is 5.32 Å². The summed E-state index contributed by atoms with van der Waals surface area (Å²) >= 11 is 0. The summed E-state index contributed by atoms with van der Waals surface area (Å²) < 4.78 is 39.2. The molecule has 0 aliphatic carbocycles. The second kappa shape index (κ2) is 8.48. The number of nitrogens with zero attached hydrogens (tertiary/aromatic N) is 3. The molecule has 5 nitrogen and oxygen atoms in total. The number of hydrogen-bond donors (Lipinski definition) is 1. The molecule has 0 aliphatic heterocycles. The number of aromatic nitrogens is 2. The van der Waals surface area contributed by atoms with E-state index < -0.39 is 17.9 Å². The second-order valence-corrected chi connectivity index (χ2v) is 6.80. The van der Waals surface area contributed by atoms with E-state index in [1.165, 1.54) is 10.9 Å². The Morgan fingerprint density at radius 2 is 1.72 bits per heavy atom. The molecule has 1 aromatic heterocycles. The van der Waals surface area contributed by atoms with E-state index in [1.807, 2.05) is 49.3 Å². The van der Waals surface area contributed by atoms with Crippen molar-refractivity contribution in [2.24, 2.45) is 0 Å². The average Bonchev–Trinajstić information content (AvgIpc) is 3.18. The third-order valence-electron chi connectivity index (χ3n) is 4.43. The molecule has 0 bridgehead atoms. The minimum absolute atomic E-state index is 0.132. The molecule has 1 N–H and O–H groups in total. The number of carbonyl (C=O) groups excluding carboxylic acids is 1. The zero-order chi connectivity index (χ0) is 21.0. The average molecular weight is 402 g/mol. The van der Waals surface area contributed by atoms with Crippen LogP contribution in [0.25, 0.3) is 5.69 Å². The van der Waals surface area contributed by atoms with Gasteiger partial charge >= 0.3 is 6.18 Å². The highest BCUT2D eigenvalue weighted by Gasteiger charge is 2.33. The molecule has 3 aromatic rings. The van der Waals surface area contributed by atoms with Crippen molar-refractivity contribution in [1.29, 1.82) is 0 Å². The van der Waals surface area contributed by atoms with Crippen LogP contribution in [0.3, 0.4) is 0 Å². The van der Waals surface area contributed by atoms with Crippen LogP contribution in [-0.2, 0) is 17.5 Å². The number of halogens is 3. The van der Waals surface area contributed by atoms with Crippen molar-refractivity contribution in [2.75, 3.05) is 14.1 Å². The van der Waals surface area contributed by atoms with Gasteiger partial charge < -0.3 is 5.32 Å². The van der Waals surface area contributed by atoms with Gasteiger partial charge in [0.25, 0.3) is 0 Å². The van der Waals surface area contributed by atoms with Gasteiger partial charge in [-0.25, -0.2) is 4.68 Å². The van der Waals surface area contributed by atoms with Crippen molar-refractivity contribution >= 4 is 5.91 Å². The quantitative estimate of drug-likeness (QED) is 0.682. The molecule has 29 heavy (non-hydrogen) atoms. The monoisotopic (exact) mass is 402 g/mol. The highest BCUT2D eigenvalue weighted by atomic mass is 19.4. The molecule has 0 spiro atoms. The Labute approximate surface area is 166 Å². The third kappa shape index (κ3) is 5.03. The van der Waals surface area contributed by atoms with Crippen molar-refractivity contribution < 1.29 is 18.0 Å². The highest BCUT2D eigenvalue weighted by Crippen LogP contribution is 2.28. The summed E-state index contributed by atoms with van der Waals surface area (Å²) in [6, 6.07) is 16.8. The number of likely N-dealkylation sites (N-methyl/N-ethyl adjacent to an activating group) is 1. The van der Waals surface area contributed by atoms with Crippen molar-refractivity contribution in [3.05, 3.63) is 83.7 Å². The molecule has 1 amide bonds. The van der Waals surface area contributed by atoms with E-state index in [0.29, 0.717) is 12.2 Å². The molecule has 1 heterocycles. The van der Waals surface area contributed by atoms with Gasteiger partial charge in [0.1, 0.15) is 6.04 Å². The third-order valence-corrected chi connectivity index (χ3v) is 4.43. The van der Waals surface area contributed by atoms with Gasteiger partial charge in [0.15, 0.2) is 5.69 Å². The Hall–Kier alpha value is -3.13. The van der Waals surface area contributed by atoms with Crippen molar-refractivity contribution in [3.63, 3.8) is 0 Å². The van der Waals surface area contributed by atoms with E-state index in [0.717, 1.165) is 17.2 Å². The minimum Gasteiger partial charge on any atom is -0.350 e. The molecule has 0 saturated carbocycles. The summed E-state index contributed by atoms with van der Waals surface area (Å²) in [7, 11) is 3.68.